The third kappa shape index (κ3) is 6.18. The van der Waals surface area contributed by atoms with Crippen LogP contribution in [0.15, 0.2) is 42.5 Å². The second-order valence-electron chi connectivity index (χ2n) is 6.04. The van der Waals surface area contributed by atoms with E-state index < -0.39 is 23.8 Å². The Hall–Kier alpha value is -2.73. The van der Waals surface area contributed by atoms with Gasteiger partial charge in [-0.15, -0.1) is 0 Å². The topological polar surface area (TPSA) is 72.5 Å². The Labute approximate surface area is 161 Å². The summed E-state index contributed by atoms with van der Waals surface area (Å²) in [4.78, 5) is 36.0. The molecule has 7 heteroatoms. The highest BCUT2D eigenvalue weighted by Crippen LogP contribution is 2.19. The van der Waals surface area contributed by atoms with Crippen molar-refractivity contribution in [1.29, 1.82) is 0 Å². The van der Waals surface area contributed by atoms with Crippen LogP contribution in [0, 0.1) is 12.7 Å². The maximum absolute atomic E-state index is 13.1. The van der Waals surface area contributed by atoms with Crippen molar-refractivity contribution in [1.82, 2.24) is 0 Å². The van der Waals surface area contributed by atoms with Gasteiger partial charge in [0.2, 0.25) is 0 Å². The molecular formula is C20H19ClFNO4. The van der Waals surface area contributed by atoms with E-state index >= 15 is 0 Å². The number of ether oxygens (including phenoxy) is 1. The number of aryl methyl sites for hydroxylation is 1. The highest BCUT2D eigenvalue weighted by Gasteiger charge is 2.19. The Bertz CT molecular complexity index is 852. The van der Waals surface area contributed by atoms with Crippen LogP contribution in [-0.2, 0) is 14.3 Å². The van der Waals surface area contributed by atoms with Crippen LogP contribution in [0.2, 0.25) is 5.02 Å². The highest BCUT2D eigenvalue weighted by atomic mass is 35.5. The number of amides is 1. The highest BCUT2D eigenvalue weighted by molar-refractivity contribution is 6.31. The van der Waals surface area contributed by atoms with Gasteiger partial charge in [-0.1, -0.05) is 41.4 Å². The summed E-state index contributed by atoms with van der Waals surface area (Å²) in [7, 11) is 0. The van der Waals surface area contributed by atoms with Crippen LogP contribution < -0.4 is 5.32 Å². The van der Waals surface area contributed by atoms with Gasteiger partial charge in [-0.2, -0.15) is 0 Å². The normalized spacial score (nSPS) is 11.6. The molecule has 2 aromatic rings. The molecule has 0 saturated heterocycles. The van der Waals surface area contributed by atoms with Gasteiger partial charge in [-0.3, -0.25) is 14.4 Å². The molecule has 27 heavy (non-hydrogen) atoms. The van der Waals surface area contributed by atoms with Crippen molar-refractivity contribution < 1.29 is 23.5 Å². The molecule has 0 radical (unpaired) electrons. The summed E-state index contributed by atoms with van der Waals surface area (Å²) in [6.07, 6.45) is -1.22. The zero-order chi connectivity index (χ0) is 20.0. The summed E-state index contributed by atoms with van der Waals surface area (Å²) in [5, 5.41) is 2.34. The second-order valence-corrected chi connectivity index (χ2v) is 6.45. The van der Waals surface area contributed by atoms with Gasteiger partial charge < -0.3 is 10.1 Å². The molecular weight excluding hydrogens is 373 g/mol. The predicted molar refractivity (Wildman–Crippen MR) is 100 cm³/mol. The minimum atomic E-state index is -1.07. The van der Waals surface area contributed by atoms with Crippen molar-refractivity contribution in [3.05, 3.63) is 64.4 Å². The van der Waals surface area contributed by atoms with Gasteiger partial charge in [-0.25, -0.2) is 4.39 Å². The number of ketones is 1. The lowest BCUT2D eigenvalue weighted by molar-refractivity contribution is -0.153. The molecule has 0 fully saturated rings. The first-order valence-corrected chi connectivity index (χ1v) is 8.69. The molecule has 1 amide bonds. The van der Waals surface area contributed by atoms with Crippen molar-refractivity contribution in [3.8, 4) is 0 Å². The Morgan fingerprint density at radius 1 is 1.11 bits per heavy atom. The molecule has 2 aromatic carbocycles. The Morgan fingerprint density at radius 2 is 1.78 bits per heavy atom. The van der Waals surface area contributed by atoms with Crippen molar-refractivity contribution in [2.24, 2.45) is 0 Å². The Kier molecular flexibility index (Phi) is 7.07. The van der Waals surface area contributed by atoms with E-state index in [1.54, 1.807) is 12.1 Å². The van der Waals surface area contributed by atoms with Crippen LogP contribution in [0.4, 0.5) is 10.1 Å². The van der Waals surface area contributed by atoms with Gasteiger partial charge in [0.25, 0.3) is 5.91 Å². The number of halogens is 2. The van der Waals surface area contributed by atoms with Gasteiger partial charge in [0.15, 0.2) is 11.9 Å². The van der Waals surface area contributed by atoms with Crippen molar-refractivity contribution in [2.45, 2.75) is 32.8 Å². The summed E-state index contributed by atoms with van der Waals surface area (Å²) in [5.74, 6) is -2.02. The molecule has 1 N–H and O–H groups in total. The number of carbonyl (C=O) groups is 3. The average Bonchev–Trinajstić information content (AvgIpc) is 2.63. The Balaban J connectivity index is 1.81. The van der Waals surface area contributed by atoms with E-state index in [0.29, 0.717) is 5.56 Å². The van der Waals surface area contributed by atoms with Crippen LogP contribution in [0.3, 0.4) is 0 Å². The third-order valence-electron chi connectivity index (χ3n) is 3.79. The van der Waals surface area contributed by atoms with E-state index in [-0.39, 0.29) is 29.3 Å². The maximum Gasteiger partial charge on any atom is 0.307 e. The van der Waals surface area contributed by atoms with E-state index in [1.165, 1.54) is 19.1 Å². The van der Waals surface area contributed by atoms with E-state index in [9.17, 15) is 18.8 Å². The zero-order valence-electron chi connectivity index (χ0n) is 14.9. The van der Waals surface area contributed by atoms with Gasteiger partial charge in [0.1, 0.15) is 5.82 Å². The fraction of sp³-hybridized carbons (Fsp3) is 0.250. The first-order chi connectivity index (χ1) is 12.8. The number of hydrogen-bond acceptors (Lipinski definition) is 4. The molecule has 0 aliphatic rings. The third-order valence-corrected chi connectivity index (χ3v) is 4.08. The quantitative estimate of drug-likeness (QED) is 0.563. The molecule has 0 heterocycles. The van der Waals surface area contributed by atoms with Gasteiger partial charge >= 0.3 is 5.97 Å². The SMILES string of the molecule is Cc1ccc(C(=O)CCC(=O)O[C@H](C)C(=O)Nc2ccc(F)c(Cl)c2)cc1. The summed E-state index contributed by atoms with van der Waals surface area (Å²) in [6.45, 7) is 3.32. The fourth-order valence-corrected chi connectivity index (χ4v) is 2.41. The number of hydrogen-bond donors (Lipinski definition) is 1. The summed E-state index contributed by atoms with van der Waals surface area (Å²) >= 11 is 5.65. The number of rotatable bonds is 7. The van der Waals surface area contributed by atoms with Crippen molar-refractivity contribution in [3.63, 3.8) is 0 Å². The Morgan fingerprint density at radius 3 is 2.41 bits per heavy atom. The molecule has 142 valence electrons. The summed E-state index contributed by atoms with van der Waals surface area (Å²) in [6, 6.07) is 10.8. The van der Waals surface area contributed by atoms with Crippen LogP contribution in [0.5, 0.6) is 0 Å². The van der Waals surface area contributed by atoms with Crippen LogP contribution in [-0.4, -0.2) is 23.8 Å². The van der Waals surface area contributed by atoms with Gasteiger partial charge in [0.05, 0.1) is 11.4 Å². The van der Waals surface area contributed by atoms with Crippen molar-refractivity contribution >= 4 is 34.9 Å². The predicted octanol–water partition coefficient (Wildman–Crippen LogP) is 4.32. The minimum Gasteiger partial charge on any atom is -0.453 e. The van der Waals surface area contributed by atoms with Crippen LogP contribution in [0.25, 0.3) is 0 Å². The number of carbonyl (C=O) groups excluding carboxylic acids is 3. The number of nitrogens with one attached hydrogen (secondary N) is 1. The van der Waals surface area contributed by atoms with E-state index in [4.69, 9.17) is 16.3 Å². The molecule has 1 atom stereocenters. The van der Waals surface area contributed by atoms with Crippen molar-refractivity contribution in [2.75, 3.05) is 5.32 Å². The zero-order valence-corrected chi connectivity index (χ0v) is 15.7. The van der Waals surface area contributed by atoms with Gasteiger partial charge in [-0.05, 0) is 32.0 Å². The lowest BCUT2D eigenvalue weighted by Crippen LogP contribution is -2.30. The van der Waals surface area contributed by atoms with E-state index in [0.717, 1.165) is 11.6 Å². The second kappa shape index (κ2) is 9.28. The largest absolute Gasteiger partial charge is 0.453 e. The summed E-state index contributed by atoms with van der Waals surface area (Å²) in [5.41, 5.74) is 1.84. The average molecular weight is 392 g/mol. The minimum absolute atomic E-state index is 0.0101. The monoisotopic (exact) mass is 391 g/mol. The molecule has 0 aromatic heterocycles. The molecule has 0 unspecified atom stereocenters. The van der Waals surface area contributed by atoms with Gasteiger partial charge in [0, 0.05) is 17.7 Å². The number of benzene rings is 2. The lowest BCUT2D eigenvalue weighted by atomic mass is 10.1. The number of esters is 1. The standard InChI is InChI=1S/C20H19ClFNO4/c1-12-3-5-14(6-4-12)18(24)9-10-19(25)27-13(2)20(26)23-15-7-8-17(22)16(21)11-15/h3-8,11,13H,9-10H2,1-2H3,(H,23,26)/t13-/m1/s1. The molecule has 0 aliphatic carbocycles. The molecule has 0 aliphatic heterocycles. The van der Waals surface area contributed by atoms with Crippen LogP contribution >= 0.6 is 11.6 Å². The number of anilines is 1. The first-order valence-electron chi connectivity index (χ1n) is 8.31. The molecule has 0 saturated carbocycles. The summed E-state index contributed by atoms with van der Waals surface area (Å²) < 4.78 is 18.2. The molecule has 0 bridgehead atoms. The van der Waals surface area contributed by atoms with E-state index in [1.807, 2.05) is 19.1 Å². The van der Waals surface area contributed by atoms with E-state index in [2.05, 4.69) is 5.32 Å². The molecule has 0 spiro atoms. The fourth-order valence-electron chi connectivity index (χ4n) is 2.23. The molecule has 2 rings (SSSR count). The first kappa shape index (κ1) is 20.6. The van der Waals surface area contributed by atoms with Crippen LogP contribution in [0.1, 0.15) is 35.7 Å². The smallest absolute Gasteiger partial charge is 0.307 e. The maximum atomic E-state index is 13.1. The number of Topliss-reactive ketones (excluding diaryl/α,β-unsaturated/α-hetero) is 1. The lowest BCUT2D eigenvalue weighted by Gasteiger charge is -2.13. The molecule has 5 nitrogen and oxygen atoms in total.